The average Bonchev–Trinajstić information content (AvgIpc) is 2.55. The van der Waals surface area contributed by atoms with E-state index in [0.29, 0.717) is 13.0 Å². The van der Waals surface area contributed by atoms with Crippen molar-refractivity contribution < 1.29 is 14.3 Å². The third-order valence-corrected chi connectivity index (χ3v) is 3.25. The van der Waals surface area contributed by atoms with Gasteiger partial charge < -0.3 is 10.4 Å². The molecule has 2 aromatic rings. The first kappa shape index (κ1) is 16.8. The van der Waals surface area contributed by atoms with Gasteiger partial charge in [0.25, 0.3) is 11.5 Å². The van der Waals surface area contributed by atoms with Gasteiger partial charge in [0.15, 0.2) is 0 Å². The van der Waals surface area contributed by atoms with E-state index < -0.39 is 17.8 Å². The molecule has 0 aliphatic heterocycles. The van der Waals surface area contributed by atoms with Crippen molar-refractivity contribution in [3.05, 3.63) is 63.8 Å². The Hall–Kier alpha value is -2.54. The van der Waals surface area contributed by atoms with E-state index >= 15 is 0 Å². The zero-order valence-corrected chi connectivity index (χ0v) is 12.7. The quantitative estimate of drug-likeness (QED) is 0.839. The summed E-state index contributed by atoms with van der Waals surface area (Å²) >= 11 is 0. The number of aliphatic hydroxyl groups is 1. The Bertz CT molecular complexity index is 745. The minimum atomic E-state index is -1.17. The van der Waals surface area contributed by atoms with Crippen LogP contribution in [-0.4, -0.2) is 27.3 Å². The molecule has 2 rings (SSSR count). The van der Waals surface area contributed by atoms with Crippen molar-refractivity contribution in [1.82, 2.24) is 15.1 Å². The molecule has 1 aromatic carbocycles. The molecule has 0 aliphatic rings. The fourth-order valence-corrected chi connectivity index (χ4v) is 2.08. The van der Waals surface area contributed by atoms with Gasteiger partial charge in [0.05, 0.1) is 6.10 Å². The lowest BCUT2D eigenvalue weighted by atomic mass is 10.1. The molecule has 23 heavy (non-hydrogen) atoms. The van der Waals surface area contributed by atoms with Gasteiger partial charge in [0.2, 0.25) is 0 Å². The van der Waals surface area contributed by atoms with Crippen molar-refractivity contribution in [2.24, 2.45) is 0 Å². The first-order valence-corrected chi connectivity index (χ1v) is 7.31. The molecule has 0 radical (unpaired) electrons. The third-order valence-electron chi connectivity index (χ3n) is 3.25. The monoisotopic (exact) mass is 319 g/mol. The number of aryl methyl sites for hydroxylation is 1. The van der Waals surface area contributed by atoms with Crippen LogP contribution in [0.15, 0.2) is 41.2 Å². The smallest absolute Gasteiger partial charge is 0.271 e. The van der Waals surface area contributed by atoms with Gasteiger partial charge in [-0.05, 0) is 18.6 Å². The van der Waals surface area contributed by atoms with Gasteiger partial charge in [0.1, 0.15) is 11.5 Å². The highest BCUT2D eigenvalue weighted by molar-refractivity contribution is 5.92. The lowest BCUT2D eigenvalue weighted by molar-refractivity contribution is 0.0906. The van der Waals surface area contributed by atoms with Crippen LogP contribution in [0.5, 0.6) is 0 Å². The topological polar surface area (TPSA) is 84.2 Å². The maximum absolute atomic E-state index is 13.5. The van der Waals surface area contributed by atoms with Crippen molar-refractivity contribution in [2.45, 2.75) is 26.0 Å². The molecule has 1 amide bonds. The van der Waals surface area contributed by atoms with E-state index in [2.05, 4.69) is 10.4 Å². The maximum Gasteiger partial charge on any atom is 0.271 e. The van der Waals surface area contributed by atoms with Gasteiger partial charge in [-0.2, -0.15) is 5.10 Å². The lowest BCUT2D eigenvalue weighted by Crippen LogP contribution is -2.32. The van der Waals surface area contributed by atoms with Crippen molar-refractivity contribution in [3.8, 4) is 0 Å². The summed E-state index contributed by atoms with van der Waals surface area (Å²) in [6.07, 6.45) is -0.453. The van der Waals surface area contributed by atoms with E-state index in [1.807, 2.05) is 6.92 Å². The molecule has 1 heterocycles. The Balaban J connectivity index is 2.04. The number of carbonyl (C=O) groups excluding carboxylic acids is 1. The summed E-state index contributed by atoms with van der Waals surface area (Å²) in [6, 6.07) is 8.40. The van der Waals surface area contributed by atoms with Gasteiger partial charge in [0, 0.05) is 24.7 Å². The summed E-state index contributed by atoms with van der Waals surface area (Å²) in [7, 11) is 0. The van der Waals surface area contributed by atoms with Crippen LogP contribution in [0.25, 0.3) is 0 Å². The van der Waals surface area contributed by atoms with E-state index in [1.165, 1.54) is 35.0 Å². The molecule has 6 nitrogen and oxygen atoms in total. The van der Waals surface area contributed by atoms with Crippen LogP contribution in [0.1, 0.15) is 35.5 Å². The van der Waals surface area contributed by atoms with Crippen molar-refractivity contribution in [1.29, 1.82) is 0 Å². The third kappa shape index (κ3) is 4.23. The van der Waals surface area contributed by atoms with Crippen LogP contribution in [0.2, 0.25) is 0 Å². The van der Waals surface area contributed by atoms with Crippen LogP contribution in [-0.2, 0) is 6.54 Å². The summed E-state index contributed by atoms with van der Waals surface area (Å²) in [6.45, 7) is 2.15. The van der Waals surface area contributed by atoms with Crippen LogP contribution in [0.3, 0.4) is 0 Å². The zero-order valence-electron chi connectivity index (χ0n) is 12.7. The second kappa shape index (κ2) is 7.64. The van der Waals surface area contributed by atoms with Crippen LogP contribution in [0, 0.1) is 5.82 Å². The molecule has 0 aliphatic carbocycles. The predicted molar refractivity (Wildman–Crippen MR) is 82.5 cm³/mol. The number of amides is 1. The SMILES string of the molecule is CCCn1nc(C(=O)NCC(O)c2ccccc2F)ccc1=O. The Labute approximate surface area is 132 Å². The first-order valence-electron chi connectivity index (χ1n) is 7.31. The number of carbonyl (C=O) groups is 1. The molecule has 0 spiro atoms. The Kier molecular flexibility index (Phi) is 5.59. The fourth-order valence-electron chi connectivity index (χ4n) is 2.08. The van der Waals surface area contributed by atoms with Crippen LogP contribution in [0.4, 0.5) is 4.39 Å². The number of aromatic nitrogens is 2. The summed E-state index contributed by atoms with van der Waals surface area (Å²) in [5.74, 6) is -1.07. The predicted octanol–water partition coefficient (Wildman–Crippen LogP) is 1.26. The molecular weight excluding hydrogens is 301 g/mol. The van der Waals surface area contributed by atoms with Gasteiger partial charge in [-0.3, -0.25) is 9.59 Å². The Morgan fingerprint density at radius 3 is 2.78 bits per heavy atom. The molecule has 0 saturated heterocycles. The molecule has 0 fully saturated rings. The number of hydrogen-bond donors (Lipinski definition) is 2. The number of hydrogen-bond acceptors (Lipinski definition) is 4. The highest BCUT2D eigenvalue weighted by Crippen LogP contribution is 2.15. The maximum atomic E-state index is 13.5. The molecule has 1 unspecified atom stereocenters. The highest BCUT2D eigenvalue weighted by atomic mass is 19.1. The molecule has 122 valence electrons. The second-order valence-corrected chi connectivity index (χ2v) is 5.03. The molecular formula is C16H18FN3O3. The van der Waals surface area contributed by atoms with Crippen molar-refractivity contribution in [3.63, 3.8) is 0 Å². The van der Waals surface area contributed by atoms with Crippen molar-refractivity contribution in [2.75, 3.05) is 6.54 Å². The van der Waals surface area contributed by atoms with Crippen LogP contribution >= 0.6 is 0 Å². The van der Waals surface area contributed by atoms with E-state index in [-0.39, 0.29) is 23.4 Å². The van der Waals surface area contributed by atoms with E-state index in [4.69, 9.17) is 0 Å². The molecule has 1 atom stereocenters. The highest BCUT2D eigenvalue weighted by Gasteiger charge is 2.15. The normalized spacial score (nSPS) is 12.0. The summed E-state index contributed by atoms with van der Waals surface area (Å²) in [4.78, 5) is 23.6. The molecule has 0 bridgehead atoms. The fraction of sp³-hybridized carbons (Fsp3) is 0.312. The van der Waals surface area contributed by atoms with Gasteiger partial charge >= 0.3 is 0 Å². The van der Waals surface area contributed by atoms with E-state index in [9.17, 15) is 19.1 Å². The van der Waals surface area contributed by atoms with Gasteiger partial charge in [-0.1, -0.05) is 25.1 Å². The number of nitrogens with one attached hydrogen (secondary N) is 1. The minimum Gasteiger partial charge on any atom is -0.386 e. The largest absolute Gasteiger partial charge is 0.386 e. The summed E-state index contributed by atoms with van der Waals surface area (Å²) < 4.78 is 14.8. The van der Waals surface area contributed by atoms with Gasteiger partial charge in [-0.15, -0.1) is 0 Å². The molecule has 2 N–H and O–H groups in total. The second-order valence-electron chi connectivity index (χ2n) is 5.03. The zero-order chi connectivity index (χ0) is 16.8. The van der Waals surface area contributed by atoms with E-state index in [0.717, 1.165) is 0 Å². The molecule has 0 saturated carbocycles. The van der Waals surface area contributed by atoms with E-state index in [1.54, 1.807) is 6.07 Å². The average molecular weight is 319 g/mol. The van der Waals surface area contributed by atoms with Crippen LogP contribution < -0.4 is 10.9 Å². The summed E-state index contributed by atoms with van der Waals surface area (Å²) in [5, 5.41) is 16.4. The number of halogens is 1. The van der Waals surface area contributed by atoms with Gasteiger partial charge in [-0.25, -0.2) is 9.07 Å². The minimum absolute atomic E-state index is 0.0683. The number of benzene rings is 1. The number of nitrogens with zero attached hydrogens (tertiary/aromatic N) is 2. The molecule has 1 aromatic heterocycles. The van der Waals surface area contributed by atoms with Crippen molar-refractivity contribution >= 4 is 5.91 Å². The summed E-state index contributed by atoms with van der Waals surface area (Å²) in [5.41, 5.74) is -0.106. The molecule has 7 heteroatoms. The number of aliphatic hydroxyl groups excluding tert-OH is 1. The Morgan fingerprint density at radius 2 is 2.09 bits per heavy atom. The lowest BCUT2D eigenvalue weighted by Gasteiger charge is -2.13. The first-order chi connectivity index (χ1) is 11.0. The Morgan fingerprint density at radius 1 is 1.35 bits per heavy atom. The standard InChI is InChI=1S/C16H18FN3O3/c1-2-9-20-15(22)8-7-13(19-20)16(23)18-10-14(21)11-5-3-4-6-12(11)17/h3-8,14,21H,2,9-10H2,1H3,(H,18,23). The number of rotatable bonds is 6.